The first-order chi connectivity index (χ1) is 44.6. The zero-order valence-electron chi connectivity index (χ0n) is 59.5. The Hall–Kier alpha value is -7.99. The second-order valence-electron chi connectivity index (χ2n) is 28.4. The van der Waals surface area contributed by atoms with Gasteiger partial charge in [0.25, 0.3) is 0 Å². The molecule has 546 valence electrons. The quantitative estimate of drug-likeness (QED) is 0.0330. The molecule has 12 atom stereocenters. The van der Waals surface area contributed by atoms with Gasteiger partial charge in [-0.05, 0) is 105 Å². The summed E-state index contributed by atoms with van der Waals surface area (Å²) < 4.78 is 0. The molecule has 0 aromatic rings. The maximum absolute atomic E-state index is 14.2. The minimum atomic E-state index is -1.72. The van der Waals surface area contributed by atoms with Crippen LogP contribution in [0.3, 0.4) is 0 Å². The fourth-order valence-electron chi connectivity index (χ4n) is 10.8. The van der Waals surface area contributed by atoms with E-state index in [1.165, 1.54) is 4.90 Å². The van der Waals surface area contributed by atoms with Gasteiger partial charge in [-0.25, -0.2) is 0 Å². The Balaban J connectivity index is 3.32. The highest BCUT2D eigenvalue weighted by Gasteiger charge is 2.41. The van der Waals surface area contributed by atoms with E-state index >= 15 is 0 Å². The Kier molecular flexibility index (Phi) is 38.1. The molecule has 0 spiro atoms. The van der Waals surface area contributed by atoms with Crippen LogP contribution in [0.4, 0.5) is 0 Å². The van der Waals surface area contributed by atoms with Crippen molar-refractivity contribution in [1.29, 1.82) is 0 Å². The number of hydrogen-bond acceptors (Lipinski definition) is 16. The van der Waals surface area contributed by atoms with Crippen molar-refractivity contribution < 1.29 is 71.9 Å². The molecule has 0 aromatic heterocycles. The average Bonchev–Trinajstić information content (AvgIpc) is 1.59. The summed E-state index contributed by atoms with van der Waals surface area (Å²) in [5.74, 6) is -13.6. The molecule has 1 saturated heterocycles. The largest absolute Gasteiger partial charge is 0.370 e. The number of carbonyl (C=O) groups excluding carboxylic acids is 15. The molecule has 0 unspecified atom stereocenters. The Morgan fingerprint density at radius 1 is 0.385 bits per heavy atom. The summed E-state index contributed by atoms with van der Waals surface area (Å²) in [4.78, 5) is 204. The highest BCUT2D eigenvalue weighted by atomic mass is 16.2. The van der Waals surface area contributed by atoms with E-state index in [2.05, 4.69) is 58.5 Å². The third kappa shape index (κ3) is 32.6. The minimum absolute atomic E-state index is 0.00642. The Morgan fingerprint density at radius 3 is 1.11 bits per heavy atom. The van der Waals surface area contributed by atoms with Crippen molar-refractivity contribution in [2.75, 3.05) is 19.6 Å². The lowest BCUT2D eigenvalue weighted by atomic mass is 9.96. The van der Waals surface area contributed by atoms with Crippen LogP contribution in [0.25, 0.3) is 0 Å². The maximum Gasteiger partial charge on any atom is 0.245 e. The molecule has 31 nitrogen and oxygen atoms in total. The first kappa shape index (κ1) is 86.0. The van der Waals surface area contributed by atoms with Gasteiger partial charge in [-0.3, -0.25) is 71.9 Å². The second kappa shape index (κ2) is 42.5. The van der Waals surface area contributed by atoms with E-state index in [4.69, 9.17) is 22.9 Å². The van der Waals surface area contributed by atoms with Crippen LogP contribution in [-0.4, -0.2) is 180 Å². The van der Waals surface area contributed by atoms with E-state index in [9.17, 15) is 71.9 Å². The van der Waals surface area contributed by atoms with E-state index in [1.54, 1.807) is 69.2 Å². The predicted octanol–water partition coefficient (Wildman–Crippen LogP) is -1.49. The maximum atomic E-state index is 14.2. The van der Waals surface area contributed by atoms with Crippen LogP contribution in [0.15, 0.2) is 0 Å². The first-order valence-corrected chi connectivity index (χ1v) is 33.8. The Labute approximate surface area is 566 Å². The van der Waals surface area contributed by atoms with Gasteiger partial charge in [0, 0.05) is 6.54 Å². The number of rotatable bonds is 44. The van der Waals surface area contributed by atoms with Crippen molar-refractivity contribution in [3.63, 3.8) is 0 Å². The normalized spacial score (nSPS) is 16.5. The summed E-state index contributed by atoms with van der Waals surface area (Å²) in [7, 11) is 0. The van der Waals surface area contributed by atoms with Crippen molar-refractivity contribution in [2.45, 2.75) is 254 Å². The number of hydrogen-bond donors (Lipinski definition) is 15. The van der Waals surface area contributed by atoms with Crippen molar-refractivity contribution in [2.24, 2.45) is 70.3 Å². The van der Waals surface area contributed by atoms with E-state index in [0.29, 0.717) is 19.3 Å². The molecule has 0 bridgehead atoms. The lowest BCUT2D eigenvalue weighted by Crippen LogP contribution is -2.60. The average molecular weight is 1360 g/mol. The highest BCUT2D eigenvalue weighted by Crippen LogP contribution is 2.23. The Bertz CT molecular complexity index is 2670. The summed E-state index contributed by atoms with van der Waals surface area (Å²) in [5, 5.41) is 28.1. The van der Waals surface area contributed by atoms with Crippen molar-refractivity contribution in [3.8, 4) is 0 Å². The van der Waals surface area contributed by atoms with Gasteiger partial charge in [-0.1, -0.05) is 117 Å². The van der Waals surface area contributed by atoms with E-state index < -0.39 is 187 Å². The van der Waals surface area contributed by atoms with E-state index in [-0.39, 0.29) is 92.9 Å². The predicted molar refractivity (Wildman–Crippen MR) is 359 cm³/mol. The van der Waals surface area contributed by atoms with Crippen LogP contribution < -0.4 is 81.4 Å². The fraction of sp³-hybridized carbons (Fsp3) is 0.769. The van der Waals surface area contributed by atoms with Crippen molar-refractivity contribution in [3.05, 3.63) is 0 Å². The second-order valence-corrected chi connectivity index (χ2v) is 28.4. The minimum Gasteiger partial charge on any atom is -0.370 e. The summed E-state index contributed by atoms with van der Waals surface area (Å²) in [6, 6.07) is -13.6. The molecular weight excluding hydrogens is 1240 g/mol. The van der Waals surface area contributed by atoms with Gasteiger partial charge in [0.15, 0.2) is 0 Å². The van der Waals surface area contributed by atoms with Crippen LogP contribution in [0, 0.1) is 47.3 Å². The number of nitrogens with one attached hydrogen (secondary N) is 11. The van der Waals surface area contributed by atoms with Crippen LogP contribution in [-0.2, 0) is 71.9 Å². The SMILES string of the molecule is CC[C@H](C)[C@H](NC(=O)[C@@H]1CCCN1C(=O)[C@H](CC(C)C)NC(=O)[C@@H](N)CC(C)C)C(=O)N[C@@H](CC(C)C)C(=O)NCC(=O)N[C@@H](CC(N)=O)C(=O)N[C@@H](CC(C)C)C(=O)N[C@@H](CC(C)C)C(=O)N[C@@H](CC(N)=O)C(=O)NCC(=O)N[C@@H](CC(C)C)C(=O)N[C@@H](CC(C)C)C(N)=O. The molecular formula is C65H116N16O15. The number of amides is 15. The van der Waals surface area contributed by atoms with Crippen molar-refractivity contribution >= 4 is 88.6 Å². The number of carbonyl (C=O) groups is 15. The molecule has 0 aromatic carbocycles. The molecule has 1 fully saturated rings. The molecule has 15 amide bonds. The van der Waals surface area contributed by atoms with Gasteiger partial charge in [0.1, 0.15) is 60.4 Å². The molecule has 1 aliphatic heterocycles. The molecule has 1 heterocycles. The first-order valence-electron chi connectivity index (χ1n) is 33.8. The molecule has 0 radical (unpaired) electrons. The molecule has 0 saturated carbocycles. The third-order valence-electron chi connectivity index (χ3n) is 15.7. The summed E-state index contributed by atoms with van der Waals surface area (Å²) in [6.07, 6.45) is 0.667. The van der Waals surface area contributed by atoms with Crippen LogP contribution in [0.5, 0.6) is 0 Å². The van der Waals surface area contributed by atoms with Gasteiger partial charge in [0.05, 0.1) is 32.0 Å². The molecule has 19 N–H and O–H groups in total. The summed E-state index contributed by atoms with van der Waals surface area (Å²) in [5.41, 5.74) is 22.7. The molecule has 1 rings (SSSR count). The van der Waals surface area contributed by atoms with Gasteiger partial charge in [0.2, 0.25) is 88.6 Å². The zero-order valence-corrected chi connectivity index (χ0v) is 59.5. The molecule has 96 heavy (non-hydrogen) atoms. The molecule has 1 aliphatic rings. The molecule has 0 aliphatic carbocycles. The van der Waals surface area contributed by atoms with Crippen LogP contribution >= 0.6 is 0 Å². The topological polar surface area (TPSA) is 496 Å². The van der Waals surface area contributed by atoms with Crippen molar-refractivity contribution in [1.82, 2.24) is 63.4 Å². The molecule has 31 heteroatoms. The number of likely N-dealkylation sites (tertiary alicyclic amines) is 1. The fourth-order valence-corrected chi connectivity index (χ4v) is 10.8. The van der Waals surface area contributed by atoms with Crippen LogP contribution in [0.2, 0.25) is 0 Å². The number of nitrogens with zero attached hydrogens (tertiary/aromatic N) is 1. The summed E-state index contributed by atoms with van der Waals surface area (Å²) >= 11 is 0. The van der Waals surface area contributed by atoms with Gasteiger partial charge in [-0.2, -0.15) is 0 Å². The Morgan fingerprint density at radius 2 is 0.708 bits per heavy atom. The third-order valence-corrected chi connectivity index (χ3v) is 15.7. The summed E-state index contributed by atoms with van der Waals surface area (Å²) in [6.45, 7) is 27.6. The van der Waals surface area contributed by atoms with E-state index in [0.717, 1.165) is 0 Å². The van der Waals surface area contributed by atoms with Gasteiger partial charge >= 0.3 is 0 Å². The van der Waals surface area contributed by atoms with Crippen LogP contribution in [0.1, 0.15) is 188 Å². The van der Waals surface area contributed by atoms with Gasteiger partial charge in [-0.15, -0.1) is 0 Å². The number of primary amides is 3. The highest BCUT2D eigenvalue weighted by molar-refractivity contribution is 6.00. The monoisotopic (exact) mass is 1360 g/mol. The van der Waals surface area contributed by atoms with Gasteiger partial charge < -0.3 is 86.3 Å². The zero-order chi connectivity index (χ0) is 73.6. The lowest BCUT2D eigenvalue weighted by Gasteiger charge is -2.32. The standard InChI is InChI=1S/C65H116N16O15/c1-17-39(16)54(80-63(94)49-19-18-20-81(49)65(96)48(27-38(14)15)79-56(87)40(66)21-32(2)3)64(95)78-42(23-34(6)7)57(88)70-31-53(85)73-47(29-51(68)83)62(93)76-44(25-36(10)11)60(91)75-45(26-37(12)13)61(92)77-46(28-50(67)82)58(89)71-30-52(84)72-43(24-35(8)9)59(90)74-41(55(69)86)22-33(4)5/h32-49,54H,17-31,66H2,1-16H3,(H2,67,82)(H2,68,83)(H2,69,86)(H,70,88)(H,71,89)(H,72,84)(H,73,85)(H,74,90)(H,75,91)(H,76,93)(H,77,92)(H,78,95)(H,79,87)(H,80,94)/t39-,40-,41-,42-,43-,44-,45-,46-,47-,48-,49-,54-/m0/s1. The lowest BCUT2D eigenvalue weighted by molar-refractivity contribution is -0.143. The number of nitrogens with two attached hydrogens (primary N) is 4. The van der Waals surface area contributed by atoms with E-state index in [1.807, 2.05) is 41.5 Å². The smallest absolute Gasteiger partial charge is 0.245 e.